The van der Waals surface area contributed by atoms with Gasteiger partial charge in [0, 0.05) is 23.5 Å². The van der Waals surface area contributed by atoms with Gasteiger partial charge in [-0.05, 0) is 73.3 Å². The molecule has 34 heavy (non-hydrogen) atoms. The average molecular weight is 500 g/mol. The van der Waals surface area contributed by atoms with E-state index in [1.807, 2.05) is 41.8 Å². The van der Waals surface area contributed by atoms with Crippen molar-refractivity contribution in [2.75, 3.05) is 26.7 Å². The lowest BCUT2D eigenvalue weighted by Gasteiger charge is -2.28. The van der Waals surface area contributed by atoms with Crippen LogP contribution in [-0.2, 0) is 16.6 Å². The molecule has 3 aromatic rings. The lowest BCUT2D eigenvalue weighted by atomic mass is 10.0. The lowest BCUT2D eigenvalue weighted by Crippen LogP contribution is -2.36. The van der Waals surface area contributed by atoms with Crippen molar-refractivity contribution in [3.8, 4) is 5.75 Å². The van der Waals surface area contributed by atoms with Gasteiger partial charge >= 0.3 is 0 Å². The van der Waals surface area contributed by atoms with Gasteiger partial charge in [-0.2, -0.15) is 0 Å². The monoisotopic (exact) mass is 499 g/mol. The number of sulfonamides is 1. The molecule has 1 aliphatic rings. The molecule has 1 unspecified atom stereocenters. The molecule has 1 aliphatic heterocycles. The summed E-state index contributed by atoms with van der Waals surface area (Å²) in [6.07, 6.45) is 2.28. The lowest BCUT2D eigenvalue weighted by molar-refractivity contribution is 0.0937. The maximum absolute atomic E-state index is 13.0. The van der Waals surface area contributed by atoms with Crippen molar-refractivity contribution >= 4 is 27.3 Å². The summed E-state index contributed by atoms with van der Waals surface area (Å²) < 4.78 is 33.3. The highest BCUT2D eigenvalue weighted by atomic mass is 32.2. The van der Waals surface area contributed by atoms with E-state index >= 15 is 0 Å². The quantitative estimate of drug-likeness (QED) is 0.443. The van der Waals surface area contributed by atoms with Crippen LogP contribution in [0.3, 0.4) is 0 Å². The van der Waals surface area contributed by atoms with Gasteiger partial charge in [-0.15, -0.1) is 11.3 Å². The van der Waals surface area contributed by atoms with E-state index in [1.165, 1.54) is 23.5 Å². The molecule has 0 aliphatic carbocycles. The molecule has 1 saturated heterocycles. The Morgan fingerprint density at radius 3 is 2.53 bits per heavy atom. The summed E-state index contributed by atoms with van der Waals surface area (Å²) in [5, 5.41) is 4.91. The van der Waals surface area contributed by atoms with E-state index in [2.05, 4.69) is 14.9 Å². The van der Waals surface area contributed by atoms with Gasteiger partial charge in [0.15, 0.2) is 0 Å². The van der Waals surface area contributed by atoms with Gasteiger partial charge in [-0.1, -0.05) is 24.3 Å². The van der Waals surface area contributed by atoms with Crippen LogP contribution < -0.4 is 14.8 Å². The molecule has 1 amide bonds. The van der Waals surface area contributed by atoms with E-state index in [0.29, 0.717) is 12.1 Å². The summed E-state index contributed by atoms with van der Waals surface area (Å²) in [4.78, 5) is 16.3. The zero-order valence-electron chi connectivity index (χ0n) is 19.1. The minimum absolute atomic E-state index is 0.0386. The summed E-state index contributed by atoms with van der Waals surface area (Å²) in [6.45, 7) is 2.61. The Balaban J connectivity index is 1.44. The van der Waals surface area contributed by atoms with Crippen LogP contribution in [0.4, 0.5) is 0 Å². The number of hydrogen-bond acceptors (Lipinski definition) is 6. The number of ether oxygens (including phenoxy) is 1. The maximum Gasteiger partial charge on any atom is 0.251 e. The van der Waals surface area contributed by atoms with Crippen LogP contribution in [0.2, 0.25) is 0 Å². The van der Waals surface area contributed by atoms with E-state index in [4.69, 9.17) is 4.74 Å². The molecule has 0 radical (unpaired) electrons. The Labute approximate surface area is 204 Å². The fraction of sp³-hybridized carbons (Fsp3) is 0.320. The third-order valence-corrected chi connectivity index (χ3v) is 8.24. The van der Waals surface area contributed by atoms with E-state index in [-0.39, 0.29) is 23.4 Å². The fourth-order valence-electron chi connectivity index (χ4n) is 4.10. The zero-order chi connectivity index (χ0) is 24.0. The highest BCUT2D eigenvalue weighted by Crippen LogP contribution is 2.26. The van der Waals surface area contributed by atoms with Crippen molar-refractivity contribution in [3.05, 3.63) is 82.0 Å². The van der Waals surface area contributed by atoms with Crippen LogP contribution in [0.15, 0.2) is 70.9 Å². The van der Waals surface area contributed by atoms with Crippen molar-refractivity contribution in [2.45, 2.75) is 30.3 Å². The molecule has 9 heteroatoms. The number of carbonyl (C=O) groups is 1. The Bertz CT molecular complexity index is 1190. The SMILES string of the molecule is COc1ccc(C(CNC(=O)c2cccc(S(=O)(=O)NCc3cccs3)c2)N2CCCC2)cc1. The number of rotatable bonds is 10. The Hall–Kier alpha value is -2.72. The zero-order valence-corrected chi connectivity index (χ0v) is 20.7. The molecular formula is C25H29N3O4S2. The second-order valence-electron chi connectivity index (χ2n) is 8.17. The normalized spacial score (nSPS) is 15.2. The van der Waals surface area contributed by atoms with Crippen molar-refractivity contribution < 1.29 is 17.9 Å². The average Bonchev–Trinajstić information content (AvgIpc) is 3.58. The first-order valence-corrected chi connectivity index (χ1v) is 13.6. The number of likely N-dealkylation sites (tertiary alicyclic amines) is 1. The number of nitrogens with one attached hydrogen (secondary N) is 2. The summed E-state index contributed by atoms with van der Waals surface area (Å²) >= 11 is 1.48. The van der Waals surface area contributed by atoms with Gasteiger partial charge in [0.2, 0.25) is 10.0 Å². The molecule has 2 N–H and O–H groups in total. The van der Waals surface area contributed by atoms with Gasteiger partial charge in [0.25, 0.3) is 5.91 Å². The number of thiophene rings is 1. The summed E-state index contributed by atoms with van der Waals surface area (Å²) in [5.74, 6) is 0.492. The molecule has 1 fully saturated rings. The minimum atomic E-state index is -3.73. The summed E-state index contributed by atoms with van der Waals surface area (Å²) in [7, 11) is -2.09. The van der Waals surface area contributed by atoms with Gasteiger partial charge in [-0.25, -0.2) is 13.1 Å². The largest absolute Gasteiger partial charge is 0.497 e. The smallest absolute Gasteiger partial charge is 0.251 e. The van der Waals surface area contributed by atoms with Crippen LogP contribution in [-0.4, -0.2) is 46.0 Å². The van der Waals surface area contributed by atoms with Crippen LogP contribution in [0.25, 0.3) is 0 Å². The first-order valence-electron chi connectivity index (χ1n) is 11.2. The van der Waals surface area contributed by atoms with E-state index in [1.54, 1.807) is 19.2 Å². The summed E-state index contributed by atoms with van der Waals surface area (Å²) in [5.41, 5.74) is 1.42. The van der Waals surface area contributed by atoms with E-state index in [9.17, 15) is 13.2 Å². The first kappa shape index (κ1) is 24.4. The van der Waals surface area contributed by atoms with E-state index in [0.717, 1.165) is 42.1 Å². The summed E-state index contributed by atoms with van der Waals surface area (Å²) in [6, 6.07) is 17.8. The Kier molecular flexibility index (Phi) is 7.99. The maximum atomic E-state index is 13.0. The van der Waals surface area contributed by atoms with Gasteiger partial charge in [0.1, 0.15) is 5.75 Å². The number of methoxy groups -OCH3 is 1. The van der Waals surface area contributed by atoms with Crippen LogP contribution in [0, 0.1) is 0 Å². The van der Waals surface area contributed by atoms with Crippen molar-refractivity contribution in [3.63, 3.8) is 0 Å². The predicted molar refractivity (Wildman–Crippen MR) is 134 cm³/mol. The molecule has 1 atom stereocenters. The number of benzene rings is 2. The van der Waals surface area contributed by atoms with Crippen molar-refractivity contribution in [1.29, 1.82) is 0 Å². The minimum Gasteiger partial charge on any atom is -0.497 e. The predicted octanol–water partition coefficient (Wildman–Crippen LogP) is 3.80. The number of amides is 1. The highest BCUT2D eigenvalue weighted by Gasteiger charge is 2.24. The highest BCUT2D eigenvalue weighted by molar-refractivity contribution is 7.89. The molecule has 2 heterocycles. The van der Waals surface area contributed by atoms with Gasteiger partial charge < -0.3 is 10.1 Å². The molecule has 0 spiro atoms. The molecule has 4 rings (SSSR count). The second kappa shape index (κ2) is 11.1. The van der Waals surface area contributed by atoms with Crippen molar-refractivity contribution in [2.24, 2.45) is 0 Å². The fourth-order valence-corrected chi connectivity index (χ4v) is 5.88. The van der Waals surface area contributed by atoms with Crippen LogP contribution >= 0.6 is 11.3 Å². The molecule has 0 bridgehead atoms. The van der Waals surface area contributed by atoms with Gasteiger partial charge in [0.05, 0.1) is 18.0 Å². The van der Waals surface area contributed by atoms with Crippen molar-refractivity contribution in [1.82, 2.24) is 14.9 Å². The molecule has 0 saturated carbocycles. The number of hydrogen-bond donors (Lipinski definition) is 2. The topological polar surface area (TPSA) is 87.7 Å². The van der Waals surface area contributed by atoms with Crippen LogP contribution in [0.1, 0.15) is 39.7 Å². The molecule has 1 aromatic heterocycles. The van der Waals surface area contributed by atoms with E-state index < -0.39 is 10.0 Å². The van der Waals surface area contributed by atoms with Crippen LogP contribution in [0.5, 0.6) is 5.75 Å². The Morgan fingerprint density at radius 1 is 1.09 bits per heavy atom. The molecular weight excluding hydrogens is 470 g/mol. The van der Waals surface area contributed by atoms with Gasteiger partial charge in [-0.3, -0.25) is 9.69 Å². The third-order valence-electron chi connectivity index (χ3n) is 5.96. The molecule has 2 aromatic carbocycles. The Morgan fingerprint density at radius 2 is 1.85 bits per heavy atom. The molecule has 180 valence electrons. The molecule has 7 nitrogen and oxygen atoms in total. The second-order valence-corrected chi connectivity index (χ2v) is 11.0. The first-order chi connectivity index (χ1) is 16.5. The third kappa shape index (κ3) is 6.04. The number of carbonyl (C=O) groups excluding carboxylic acids is 1. The number of nitrogens with zero attached hydrogens (tertiary/aromatic N) is 1. The standard InChI is InChI=1S/C25H29N3O4S2/c1-32-21-11-9-19(10-12-21)24(28-13-2-3-14-28)18-26-25(29)20-6-4-8-23(16-20)34(30,31)27-17-22-7-5-15-33-22/h4-12,15-16,24,27H,2-3,13-14,17-18H2,1H3,(H,26,29).